The van der Waals surface area contributed by atoms with E-state index in [0.29, 0.717) is 41.7 Å². The predicted octanol–water partition coefficient (Wildman–Crippen LogP) is 6.99. The highest BCUT2D eigenvalue weighted by Gasteiger charge is 2.33. The number of carbonyl (C=O) groups excluding carboxylic acids is 2. The molecule has 1 saturated heterocycles. The molecule has 3 aromatic carbocycles. The summed E-state index contributed by atoms with van der Waals surface area (Å²) < 4.78 is 48.0. The summed E-state index contributed by atoms with van der Waals surface area (Å²) in [5, 5.41) is 7.02. The summed E-state index contributed by atoms with van der Waals surface area (Å²) in [6.45, 7) is 4.35. The lowest BCUT2D eigenvalue weighted by molar-refractivity contribution is -0.274. The van der Waals surface area contributed by atoms with Gasteiger partial charge in [0.25, 0.3) is 5.24 Å². The van der Waals surface area contributed by atoms with Crippen LogP contribution in [0.2, 0.25) is 0 Å². The van der Waals surface area contributed by atoms with Crippen molar-refractivity contribution in [3.8, 4) is 28.6 Å². The van der Waals surface area contributed by atoms with Crippen LogP contribution in [0.25, 0.3) is 17.1 Å². The van der Waals surface area contributed by atoms with Gasteiger partial charge < -0.3 is 14.8 Å². The lowest BCUT2D eigenvalue weighted by atomic mass is 10.00. The van der Waals surface area contributed by atoms with Crippen LogP contribution in [-0.4, -0.2) is 57.6 Å². The fourth-order valence-electron chi connectivity index (χ4n) is 4.67. The summed E-state index contributed by atoms with van der Waals surface area (Å²) >= 11 is 1.08. The Kier molecular flexibility index (Phi) is 9.42. The van der Waals surface area contributed by atoms with Gasteiger partial charge in [-0.1, -0.05) is 49.9 Å². The molecule has 5 rings (SSSR count). The van der Waals surface area contributed by atoms with Crippen LogP contribution >= 0.6 is 11.8 Å². The molecular weight excluding hydrogens is 609 g/mol. The van der Waals surface area contributed by atoms with E-state index in [4.69, 9.17) is 4.74 Å². The zero-order valence-corrected chi connectivity index (χ0v) is 25.4. The van der Waals surface area contributed by atoms with E-state index in [0.717, 1.165) is 28.5 Å². The molecule has 1 N–H and O–H groups in total. The van der Waals surface area contributed by atoms with Crippen LogP contribution in [0.5, 0.6) is 11.5 Å². The average Bonchev–Trinajstić information content (AvgIpc) is 3.63. The number of thioether (sulfide) groups is 1. The number of anilines is 1. The third-order valence-electron chi connectivity index (χ3n) is 6.80. The molecule has 45 heavy (non-hydrogen) atoms. The molecule has 0 bridgehead atoms. The van der Waals surface area contributed by atoms with Gasteiger partial charge in [0.05, 0.1) is 24.2 Å². The second-order valence-electron chi connectivity index (χ2n) is 10.2. The van der Waals surface area contributed by atoms with Crippen molar-refractivity contribution in [3.05, 3.63) is 84.2 Å². The van der Waals surface area contributed by atoms with E-state index in [2.05, 4.69) is 25.1 Å². The number of amidine groups is 1. The monoisotopic (exact) mass is 638 g/mol. The molecule has 4 aromatic rings. The van der Waals surface area contributed by atoms with E-state index in [9.17, 15) is 22.8 Å². The van der Waals surface area contributed by atoms with Gasteiger partial charge in [0, 0.05) is 18.2 Å². The molecule has 0 unspecified atom stereocenters. The Morgan fingerprint density at radius 1 is 1.09 bits per heavy atom. The van der Waals surface area contributed by atoms with Crippen LogP contribution in [0.3, 0.4) is 0 Å². The van der Waals surface area contributed by atoms with Gasteiger partial charge in [-0.3, -0.25) is 9.69 Å². The third kappa shape index (κ3) is 7.81. The molecule has 0 atom stereocenters. The smallest absolute Gasteiger partial charge is 0.497 e. The van der Waals surface area contributed by atoms with Crippen molar-refractivity contribution in [1.82, 2.24) is 20.1 Å². The maximum atomic E-state index is 12.8. The number of alkyl halides is 3. The summed E-state index contributed by atoms with van der Waals surface area (Å²) in [6.07, 6.45) is -2.81. The summed E-state index contributed by atoms with van der Waals surface area (Å²) in [5.41, 5.74) is 3.73. The largest absolute Gasteiger partial charge is 0.573 e. The highest BCUT2D eigenvalue weighted by Crippen LogP contribution is 2.36. The number of carbonyl (C=O) groups is 2. The third-order valence-corrected chi connectivity index (χ3v) is 7.63. The Morgan fingerprint density at radius 3 is 2.56 bits per heavy atom. The number of nitrogens with zero attached hydrogens (tertiary/aromatic N) is 5. The molecule has 1 aliphatic rings. The van der Waals surface area contributed by atoms with Gasteiger partial charge in [0.15, 0.2) is 5.82 Å². The number of methoxy groups -OCH3 is 1. The second-order valence-corrected chi connectivity index (χ2v) is 11.2. The molecule has 0 saturated carbocycles. The number of amides is 3. The molecule has 1 aromatic heterocycles. The van der Waals surface area contributed by atoms with Crippen LogP contribution in [-0.2, 0) is 6.42 Å². The lowest BCUT2D eigenvalue weighted by Crippen LogP contribution is -2.32. The van der Waals surface area contributed by atoms with Crippen LogP contribution in [0.4, 0.5) is 28.4 Å². The summed E-state index contributed by atoms with van der Waals surface area (Å²) in [5.74, 6) is 1.44. The van der Waals surface area contributed by atoms with Crippen molar-refractivity contribution < 1.29 is 32.2 Å². The van der Waals surface area contributed by atoms with Gasteiger partial charge in [-0.15, -0.1) is 18.3 Å². The highest BCUT2D eigenvalue weighted by molar-refractivity contribution is 8.15. The van der Waals surface area contributed by atoms with Crippen LogP contribution < -0.4 is 19.7 Å². The Morgan fingerprint density at radius 2 is 1.84 bits per heavy atom. The van der Waals surface area contributed by atoms with Gasteiger partial charge in [0.1, 0.15) is 23.7 Å². The number of aliphatic imine (C=N–C) groups is 1. The van der Waals surface area contributed by atoms with E-state index in [-0.39, 0.29) is 22.7 Å². The highest BCUT2D eigenvalue weighted by atomic mass is 32.2. The molecule has 1 fully saturated rings. The maximum Gasteiger partial charge on any atom is 0.573 e. The van der Waals surface area contributed by atoms with Crippen LogP contribution in [0.1, 0.15) is 30.9 Å². The SMILES string of the molecule is COc1ccc(C(C)C)c(N2C(=O)SCC2=NC(=O)NCCc2cccc(-c3ncn(-c4ccc(OC(F)(F)F)cc4)n3)c2)c1. The molecule has 234 valence electrons. The van der Waals surface area contributed by atoms with E-state index >= 15 is 0 Å². The lowest BCUT2D eigenvalue weighted by Gasteiger charge is -2.22. The number of aromatic nitrogens is 3. The van der Waals surface area contributed by atoms with E-state index < -0.39 is 12.4 Å². The zero-order valence-electron chi connectivity index (χ0n) is 24.5. The normalized spacial score (nSPS) is 14.3. The van der Waals surface area contributed by atoms with Crippen molar-refractivity contribution >= 4 is 34.6 Å². The molecule has 1 aliphatic heterocycles. The van der Waals surface area contributed by atoms with Gasteiger partial charge in [-0.25, -0.2) is 14.5 Å². The number of nitrogens with one attached hydrogen (secondary N) is 1. The van der Waals surface area contributed by atoms with Crippen molar-refractivity contribution in [2.24, 2.45) is 4.99 Å². The molecule has 3 amide bonds. The Bertz CT molecular complexity index is 1720. The minimum absolute atomic E-state index is 0.132. The van der Waals surface area contributed by atoms with Gasteiger partial charge in [-0.2, -0.15) is 4.99 Å². The summed E-state index contributed by atoms with van der Waals surface area (Å²) in [4.78, 5) is 35.6. The fourth-order valence-corrected chi connectivity index (χ4v) is 5.45. The quantitative estimate of drug-likeness (QED) is 0.210. The van der Waals surface area contributed by atoms with Gasteiger partial charge >= 0.3 is 12.4 Å². The average molecular weight is 639 g/mol. The Labute approximate surface area is 261 Å². The summed E-state index contributed by atoms with van der Waals surface area (Å²) in [7, 11) is 1.55. The second kappa shape index (κ2) is 13.4. The predicted molar refractivity (Wildman–Crippen MR) is 165 cm³/mol. The first-order valence-corrected chi connectivity index (χ1v) is 14.9. The van der Waals surface area contributed by atoms with E-state index in [1.807, 2.05) is 50.2 Å². The number of halogens is 3. The first-order valence-electron chi connectivity index (χ1n) is 13.9. The molecule has 0 aliphatic carbocycles. The van der Waals surface area contributed by atoms with E-state index in [1.165, 1.54) is 40.2 Å². The van der Waals surface area contributed by atoms with Crippen molar-refractivity contribution in [2.45, 2.75) is 32.5 Å². The number of urea groups is 1. The number of rotatable bonds is 9. The number of ether oxygens (including phenoxy) is 2. The first kappa shape index (κ1) is 31.6. The van der Waals surface area contributed by atoms with E-state index in [1.54, 1.807) is 13.2 Å². The molecular formula is C31H29F3N6O4S. The minimum Gasteiger partial charge on any atom is -0.497 e. The fraction of sp³-hybridized carbons (Fsp3) is 0.258. The Balaban J connectivity index is 1.22. The van der Waals surface area contributed by atoms with Crippen molar-refractivity contribution in [3.63, 3.8) is 0 Å². The standard InChI is InChI=1S/C31H29F3N6O4S/c1-19(2)25-12-11-24(43-3)16-26(25)40-27(17-45-30(40)42)37-29(41)35-14-13-20-5-4-6-21(15-20)28-36-18-39(38-28)22-7-9-23(10-8-22)44-31(32,33)34/h4-12,15-16,18-19H,13-14,17H2,1-3H3,(H,35,41). The maximum absolute atomic E-state index is 12.8. The molecule has 2 heterocycles. The zero-order chi connectivity index (χ0) is 32.1. The topological polar surface area (TPSA) is 111 Å². The Hall–Kier alpha value is -4.85. The molecule has 10 nitrogen and oxygen atoms in total. The number of hydrogen-bond acceptors (Lipinski definition) is 7. The summed E-state index contributed by atoms with van der Waals surface area (Å²) in [6, 6.07) is 17.7. The van der Waals surface area contributed by atoms with Gasteiger partial charge in [-0.05, 0) is 59.9 Å². The van der Waals surface area contributed by atoms with Crippen LogP contribution in [0.15, 0.2) is 78.0 Å². The number of hydrogen-bond donors (Lipinski definition) is 1. The first-order chi connectivity index (χ1) is 21.5. The van der Waals surface area contributed by atoms with Gasteiger partial charge in [0.2, 0.25) is 0 Å². The van der Waals surface area contributed by atoms with Crippen molar-refractivity contribution in [2.75, 3.05) is 24.3 Å². The molecule has 0 spiro atoms. The molecule has 0 radical (unpaired) electrons. The number of benzene rings is 3. The van der Waals surface area contributed by atoms with Crippen LogP contribution in [0, 0.1) is 0 Å². The van der Waals surface area contributed by atoms with Crippen molar-refractivity contribution in [1.29, 1.82) is 0 Å². The minimum atomic E-state index is -4.77. The molecule has 14 heteroatoms.